The summed E-state index contributed by atoms with van der Waals surface area (Å²) in [4.78, 5) is 25.8. The molecule has 1 fully saturated rings. The van der Waals surface area contributed by atoms with Gasteiger partial charge < -0.3 is 14.5 Å². The van der Waals surface area contributed by atoms with Gasteiger partial charge in [0, 0.05) is 19.2 Å². The van der Waals surface area contributed by atoms with Crippen LogP contribution in [0.5, 0.6) is 0 Å². The molecule has 0 unspecified atom stereocenters. The van der Waals surface area contributed by atoms with Crippen molar-refractivity contribution in [3.8, 4) is 0 Å². The molecular formula is C16H16N2O4. The normalized spacial score (nSPS) is 21.0. The maximum atomic E-state index is 12.4. The average molecular weight is 300 g/mol. The number of carboxylic acid groups (broad SMARTS) is 1. The molecule has 6 nitrogen and oxygen atoms in total. The summed E-state index contributed by atoms with van der Waals surface area (Å²) in [6.45, 7) is 2.24. The Bertz CT molecular complexity index is 710. The lowest BCUT2D eigenvalue weighted by molar-refractivity contribution is -0.143. The predicted octanol–water partition coefficient (Wildman–Crippen LogP) is 1.85. The molecule has 1 saturated heterocycles. The van der Waals surface area contributed by atoms with Gasteiger partial charge in [0.1, 0.15) is 5.41 Å². The van der Waals surface area contributed by atoms with E-state index in [-0.39, 0.29) is 18.2 Å². The minimum atomic E-state index is -1.06. The molecule has 114 valence electrons. The molecule has 3 rings (SSSR count). The Morgan fingerprint density at radius 1 is 1.32 bits per heavy atom. The first kappa shape index (κ1) is 14.3. The molecule has 1 amide bonds. The van der Waals surface area contributed by atoms with Gasteiger partial charge in [0.25, 0.3) is 5.91 Å². The fourth-order valence-electron chi connectivity index (χ4n) is 2.89. The first-order chi connectivity index (χ1) is 10.5. The third kappa shape index (κ3) is 2.26. The number of aryl methyl sites for hydroxylation is 1. The van der Waals surface area contributed by atoms with Crippen LogP contribution in [0.3, 0.4) is 0 Å². The summed E-state index contributed by atoms with van der Waals surface area (Å²) in [7, 11) is 0. The second-order valence-corrected chi connectivity index (χ2v) is 5.56. The summed E-state index contributed by atoms with van der Waals surface area (Å²) < 4.78 is 4.98. The van der Waals surface area contributed by atoms with Gasteiger partial charge >= 0.3 is 5.97 Å². The van der Waals surface area contributed by atoms with Gasteiger partial charge in [-0.05, 0) is 18.9 Å². The van der Waals surface area contributed by atoms with Gasteiger partial charge in [0.2, 0.25) is 5.76 Å². The lowest BCUT2D eigenvalue weighted by Crippen LogP contribution is -2.40. The Morgan fingerprint density at radius 2 is 2.05 bits per heavy atom. The van der Waals surface area contributed by atoms with E-state index in [1.807, 2.05) is 18.2 Å². The van der Waals surface area contributed by atoms with Crippen LogP contribution in [0.25, 0.3) is 0 Å². The smallest absolute Gasteiger partial charge is 0.316 e. The van der Waals surface area contributed by atoms with E-state index >= 15 is 0 Å². The number of carbonyl (C=O) groups is 2. The Balaban J connectivity index is 1.88. The largest absolute Gasteiger partial charge is 0.481 e. The Kier molecular flexibility index (Phi) is 3.44. The molecule has 0 aliphatic carbocycles. The molecule has 22 heavy (non-hydrogen) atoms. The molecule has 1 N–H and O–H groups in total. The molecule has 2 heterocycles. The molecule has 0 bridgehead atoms. The van der Waals surface area contributed by atoms with E-state index in [0.29, 0.717) is 24.2 Å². The molecule has 0 spiro atoms. The summed E-state index contributed by atoms with van der Waals surface area (Å²) in [5.74, 6) is -1.09. The number of likely N-dealkylation sites (tertiary alicyclic amines) is 1. The van der Waals surface area contributed by atoms with Crippen molar-refractivity contribution in [1.82, 2.24) is 10.1 Å². The van der Waals surface area contributed by atoms with Crippen molar-refractivity contribution in [1.29, 1.82) is 0 Å². The lowest BCUT2D eigenvalue weighted by atomic mass is 9.80. The van der Waals surface area contributed by atoms with Crippen LogP contribution in [-0.4, -0.2) is 40.1 Å². The topological polar surface area (TPSA) is 83.6 Å². The first-order valence-corrected chi connectivity index (χ1v) is 7.04. The quantitative estimate of drug-likeness (QED) is 0.935. The molecule has 0 saturated carbocycles. The zero-order valence-electron chi connectivity index (χ0n) is 12.2. The molecule has 1 aliphatic heterocycles. The highest BCUT2D eigenvalue weighted by atomic mass is 16.5. The molecule has 2 aromatic rings. The van der Waals surface area contributed by atoms with Crippen molar-refractivity contribution >= 4 is 11.9 Å². The Hall–Kier alpha value is -2.63. The minimum absolute atomic E-state index is 0.130. The maximum absolute atomic E-state index is 12.4. The maximum Gasteiger partial charge on any atom is 0.316 e. The number of nitrogens with zero attached hydrogens (tertiary/aromatic N) is 2. The fourth-order valence-corrected chi connectivity index (χ4v) is 2.89. The average Bonchev–Trinajstić information content (AvgIpc) is 3.15. The van der Waals surface area contributed by atoms with E-state index in [0.717, 1.165) is 0 Å². The minimum Gasteiger partial charge on any atom is -0.481 e. The van der Waals surface area contributed by atoms with Gasteiger partial charge in [-0.15, -0.1) is 0 Å². The van der Waals surface area contributed by atoms with Gasteiger partial charge in [-0.3, -0.25) is 9.59 Å². The highest BCUT2D eigenvalue weighted by Gasteiger charge is 2.48. The van der Waals surface area contributed by atoms with Crippen molar-refractivity contribution in [2.75, 3.05) is 13.1 Å². The third-order valence-electron chi connectivity index (χ3n) is 4.13. The summed E-state index contributed by atoms with van der Waals surface area (Å²) >= 11 is 0. The highest BCUT2D eigenvalue weighted by Crippen LogP contribution is 2.35. The number of aliphatic carboxylic acids is 1. The van der Waals surface area contributed by atoms with Gasteiger partial charge in [0.15, 0.2) is 0 Å². The second-order valence-electron chi connectivity index (χ2n) is 5.56. The summed E-state index contributed by atoms with van der Waals surface area (Å²) in [6, 6.07) is 10.6. The van der Waals surface area contributed by atoms with E-state index < -0.39 is 11.4 Å². The van der Waals surface area contributed by atoms with Crippen LogP contribution in [0, 0.1) is 6.92 Å². The number of rotatable bonds is 3. The molecule has 1 aliphatic rings. The van der Waals surface area contributed by atoms with Gasteiger partial charge in [-0.1, -0.05) is 35.5 Å². The van der Waals surface area contributed by atoms with E-state index in [2.05, 4.69) is 5.16 Å². The number of hydrogen-bond acceptors (Lipinski definition) is 4. The van der Waals surface area contributed by atoms with E-state index in [1.54, 1.807) is 25.1 Å². The molecule has 1 atom stereocenters. The number of carbonyl (C=O) groups excluding carboxylic acids is 1. The van der Waals surface area contributed by atoms with Crippen molar-refractivity contribution in [3.05, 3.63) is 53.4 Å². The molecule has 1 aromatic carbocycles. The van der Waals surface area contributed by atoms with Crippen molar-refractivity contribution in [3.63, 3.8) is 0 Å². The molecule has 6 heteroatoms. The SMILES string of the molecule is Cc1cc(C(=O)N2CC[C@](C(=O)O)(c3ccccc3)C2)on1. The van der Waals surface area contributed by atoms with Crippen LogP contribution in [-0.2, 0) is 10.2 Å². The number of carboxylic acids is 1. The molecular weight excluding hydrogens is 284 g/mol. The number of aromatic nitrogens is 1. The van der Waals surface area contributed by atoms with Crippen molar-refractivity contribution in [2.24, 2.45) is 0 Å². The van der Waals surface area contributed by atoms with Crippen LogP contribution < -0.4 is 0 Å². The number of benzene rings is 1. The van der Waals surface area contributed by atoms with Gasteiger partial charge in [0.05, 0.1) is 5.69 Å². The van der Waals surface area contributed by atoms with Crippen LogP contribution in [0.2, 0.25) is 0 Å². The molecule has 1 aromatic heterocycles. The summed E-state index contributed by atoms with van der Waals surface area (Å²) in [6.07, 6.45) is 0.380. The Morgan fingerprint density at radius 3 is 2.64 bits per heavy atom. The number of hydrogen-bond donors (Lipinski definition) is 1. The zero-order valence-corrected chi connectivity index (χ0v) is 12.2. The van der Waals surface area contributed by atoms with Crippen LogP contribution in [0.4, 0.5) is 0 Å². The monoisotopic (exact) mass is 300 g/mol. The van der Waals surface area contributed by atoms with Gasteiger partial charge in [-0.25, -0.2) is 0 Å². The van der Waals surface area contributed by atoms with Crippen LogP contribution in [0.15, 0.2) is 40.9 Å². The lowest BCUT2D eigenvalue weighted by Gasteiger charge is -2.25. The number of amides is 1. The Labute approximate surface area is 127 Å². The third-order valence-corrected chi connectivity index (χ3v) is 4.13. The highest BCUT2D eigenvalue weighted by molar-refractivity contribution is 5.93. The standard InChI is InChI=1S/C16H16N2O4/c1-11-9-13(22-17-11)14(19)18-8-7-16(10-18,15(20)21)12-5-3-2-4-6-12/h2-6,9H,7-8,10H2,1H3,(H,20,21)/t16-/m1/s1. The van der Waals surface area contributed by atoms with Crippen molar-refractivity contribution in [2.45, 2.75) is 18.8 Å². The van der Waals surface area contributed by atoms with Crippen LogP contribution >= 0.6 is 0 Å². The van der Waals surface area contributed by atoms with E-state index in [9.17, 15) is 14.7 Å². The zero-order chi connectivity index (χ0) is 15.7. The van der Waals surface area contributed by atoms with Crippen molar-refractivity contribution < 1.29 is 19.2 Å². The van der Waals surface area contributed by atoms with Crippen LogP contribution in [0.1, 0.15) is 28.2 Å². The van der Waals surface area contributed by atoms with E-state index in [1.165, 1.54) is 4.90 Å². The van der Waals surface area contributed by atoms with Gasteiger partial charge in [-0.2, -0.15) is 0 Å². The van der Waals surface area contributed by atoms with E-state index in [4.69, 9.17) is 4.52 Å². The fraction of sp³-hybridized carbons (Fsp3) is 0.312. The second kappa shape index (κ2) is 5.29. The summed E-state index contributed by atoms with van der Waals surface area (Å²) in [5.41, 5.74) is 0.271. The summed E-state index contributed by atoms with van der Waals surface area (Å²) in [5, 5.41) is 13.4. The first-order valence-electron chi connectivity index (χ1n) is 7.04. The predicted molar refractivity (Wildman–Crippen MR) is 77.5 cm³/mol. The molecule has 0 radical (unpaired) electrons.